The molecule has 2 heterocycles. The van der Waals surface area contributed by atoms with Gasteiger partial charge in [0.1, 0.15) is 5.82 Å². The molecule has 17 heavy (non-hydrogen) atoms. The van der Waals surface area contributed by atoms with Gasteiger partial charge in [0.2, 0.25) is 5.28 Å². The Hall–Kier alpha value is -1.49. The molecular weight excluding hydrogens is 238 g/mol. The standard InChI is InChI=1S/C11H14ClN5/c1-7(2)10-15-16-11(12)17(10)6-9-5-13-8(3)4-14-9/h4-5,7H,6H2,1-3H3. The van der Waals surface area contributed by atoms with Gasteiger partial charge in [0.05, 0.1) is 24.1 Å². The summed E-state index contributed by atoms with van der Waals surface area (Å²) in [6.07, 6.45) is 3.48. The van der Waals surface area contributed by atoms with Crippen LogP contribution in [0, 0.1) is 6.92 Å². The molecule has 0 saturated heterocycles. The van der Waals surface area contributed by atoms with E-state index in [2.05, 4.69) is 34.0 Å². The highest BCUT2D eigenvalue weighted by molar-refractivity contribution is 6.28. The van der Waals surface area contributed by atoms with Crippen LogP contribution in [0.15, 0.2) is 12.4 Å². The van der Waals surface area contributed by atoms with E-state index >= 15 is 0 Å². The van der Waals surface area contributed by atoms with Gasteiger partial charge >= 0.3 is 0 Å². The van der Waals surface area contributed by atoms with Crippen LogP contribution >= 0.6 is 11.6 Å². The number of aromatic nitrogens is 5. The Kier molecular flexibility index (Phi) is 3.38. The van der Waals surface area contributed by atoms with Crippen molar-refractivity contribution >= 4 is 11.6 Å². The van der Waals surface area contributed by atoms with Crippen molar-refractivity contribution < 1.29 is 0 Å². The summed E-state index contributed by atoms with van der Waals surface area (Å²) in [5.74, 6) is 1.13. The lowest BCUT2D eigenvalue weighted by Crippen LogP contribution is -2.08. The summed E-state index contributed by atoms with van der Waals surface area (Å²) < 4.78 is 1.85. The number of halogens is 1. The molecule has 5 nitrogen and oxygen atoms in total. The van der Waals surface area contributed by atoms with Crippen LogP contribution in [0.2, 0.25) is 5.28 Å². The van der Waals surface area contributed by atoms with E-state index in [0.29, 0.717) is 11.8 Å². The number of rotatable bonds is 3. The maximum atomic E-state index is 6.01. The monoisotopic (exact) mass is 251 g/mol. The minimum Gasteiger partial charge on any atom is -0.295 e. The Bertz CT molecular complexity index is 503. The molecule has 0 fully saturated rings. The minimum absolute atomic E-state index is 0.272. The molecule has 0 unspecified atom stereocenters. The van der Waals surface area contributed by atoms with Gasteiger partial charge < -0.3 is 0 Å². The molecule has 0 N–H and O–H groups in total. The van der Waals surface area contributed by atoms with E-state index in [-0.39, 0.29) is 5.92 Å². The van der Waals surface area contributed by atoms with E-state index in [4.69, 9.17) is 11.6 Å². The first-order chi connectivity index (χ1) is 8.08. The van der Waals surface area contributed by atoms with Crippen molar-refractivity contribution in [1.82, 2.24) is 24.7 Å². The van der Waals surface area contributed by atoms with Gasteiger partial charge in [0, 0.05) is 12.1 Å². The molecular formula is C11H14ClN5. The van der Waals surface area contributed by atoms with E-state index in [1.807, 2.05) is 11.5 Å². The second-order valence-corrected chi connectivity index (χ2v) is 4.56. The molecule has 0 saturated carbocycles. The predicted octanol–water partition coefficient (Wildman–Crippen LogP) is 2.20. The fraction of sp³-hybridized carbons (Fsp3) is 0.455. The van der Waals surface area contributed by atoms with Crippen LogP contribution in [-0.2, 0) is 6.54 Å². The van der Waals surface area contributed by atoms with Crippen molar-refractivity contribution in [3.8, 4) is 0 Å². The van der Waals surface area contributed by atoms with Crippen LogP contribution in [0.5, 0.6) is 0 Å². The molecule has 0 aromatic carbocycles. The lowest BCUT2D eigenvalue weighted by Gasteiger charge is -2.09. The third kappa shape index (κ3) is 2.61. The van der Waals surface area contributed by atoms with Crippen LogP contribution in [0.1, 0.15) is 37.0 Å². The zero-order valence-corrected chi connectivity index (χ0v) is 10.8. The van der Waals surface area contributed by atoms with Gasteiger partial charge in [-0.2, -0.15) is 0 Å². The zero-order chi connectivity index (χ0) is 12.4. The second-order valence-electron chi connectivity index (χ2n) is 4.22. The van der Waals surface area contributed by atoms with Gasteiger partial charge in [-0.3, -0.25) is 14.5 Å². The quantitative estimate of drug-likeness (QED) is 0.839. The Balaban J connectivity index is 2.29. The smallest absolute Gasteiger partial charge is 0.225 e. The summed E-state index contributed by atoms with van der Waals surface area (Å²) in [6, 6.07) is 0. The summed E-state index contributed by atoms with van der Waals surface area (Å²) in [6.45, 7) is 6.56. The molecule has 0 bridgehead atoms. The molecule has 0 aliphatic heterocycles. The maximum Gasteiger partial charge on any atom is 0.225 e. The molecule has 0 radical (unpaired) electrons. The number of hydrogen-bond donors (Lipinski definition) is 0. The van der Waals surface area contributed by atoms with Gasteiger partial charge in [-0.1, -0.05) is 13.8 Å². The van der Waals surface area contributed by atoms with Crippen LogP contribution in [0.4, 0.5) is 0 Å². The molecule has 0 aliphatic rings. The maximum absolute atomic E-state index is 6.01. The van der Waals surface area contributed by atoms with Crippen molar-refractivity contribution in [1.29, 1.82) is 0 Å². The van der Waals surface area contributed by atoms with Crippen molar-refractivity contribution in [2.75, 3.05) is 0 Å². The van der Waals surface area contributed by atoms with Gasteiger partial charge in [-0.15, -0.1) is 10.2 Å². The highest BCUT2D eigenvalue weighted by Gasteiger charge is 2.14. The largest absolute Gasteiger partial charge is 0.295 e. The number of aryl methyl sites for hydroxylation is 1. The number of hydrogen-bond acceptors (Lipinski definition) is 4. The normalized spacial score (nSPS) is 11.1. The topological polar surface area (TPSA) is 56.5 Å². The van der Waals surface area contributed by atoms with E-state index in [9.17, 15) is 0 Å². The lowest BCUT2D eigenvalue weighted by molar-refractivity contribution is 0.659. The first-order valence-corrected chi connectivity index (χ1v) is 5.82. The molecule has 2 rings (SSSR count). The molecule has 6 heteroatoms. The lowest BCUT2D eigenvalue weighted by atomic mass is 10.2. The Morgan fingerprint density at radius 1 is 1.24 bits per heavy atom. The van der Waals surface area contributed by atoms with E-state index in [1.54, 1.807) is 12.4 Å². The SMILES string of the molecule is Cc1cnc(Cn2c(Cl)nnc2C(C)C)cn1. The fourth-order valence-corrected chi connectivity index (χ4v) is 1.72. The summed E-state index contributed by atoms with van der Waals surface area (Å²) in [5.41, 5.74) is 1.74. The van der Waals surface area contributed by atoms with Crippen molar-refractivity contribution in [2.24, 2.45) is 0 Å². The van der Waals surface area contributed by atoms with E-state index in [1.165, 1.54) is 0 Å². The third-order valence-corrected chi connectivity index (χ3v) is 2.68. The van der Waals surface area contributed by atoms with Crippen LogP contribution in [-0.4, -0.2) is 24.7 Å². The van der Waals surface area contributed by atoms with E-state index < -0.39 is 0 Å². The Morgan fingerprint density at radius 3 is 2.59 bits per heavy atom. The molecule has 0 atom stereocenters. The average molecular weight is 252 g/mol. The molecule has 2 aromatic rings. The summed E-state index contributed by atoms with van der Waals surface area (Å²) in [4.78, 5) is 8.50. The van der Waals surface area contributed by atoms with Gasteiger partial charge in [0.15, 0.2) is 0 Å². The summed E-state index contributed by atoms with van der Waals surface area (Å²) >= 11 is 6.01. The van der Waals surface area contributed by atoms with Crippen LogP contribution < -0.4 is 0 Å². The van der Waals surface area contributed by atoms with Gasteiger partial charge in [-0.25, -0.2) is 0 Å². The first-order valence-electron chi connectivity index (χ1n) is 5.44. The van der Waals surface area contributed by atoms with Crippen LogP contribution in [0.25, 0.3) is 0 Å². The Morgan fingerprint density at radius 2 is 2.00 bits per heavy atom. The summed E-state index contributed by atoms with van der Waals surface area (Å²) in [7, 11) is 0. The van der Waals surface area contributed by atoms with Gasteiger partial charge in [0.25, 0.3) is 0 Å². The van der Waals surface area contributed by atoms with Crippen molar-refractivity contribution in [2.45, 2.75) is 33.2 Å². The molecule has 90 valence electrons. The van der Waals surface area contributed by atoms with Crippen molar-refractivity contribution in [3.63, 3.8) is 0 Å². The molecule has 0 aliphatic carbocycles. The average Bonchev–Trinajstić information content (AvgIpc) is 2.64. The molecule has 2 aromatic heterocycles. The van der Waals surface area contributed by atoms with Crippen molar-refractivity contribution in [3.05, 3.63) is 34.9 Å². The first kappa shape index (κ1) is 12.0. The fourth-order valence-electron chi connectivity index (χ4n) is 1.53. The Labute approximate surface area is 105 Å². The minimum atomic E-state index is 0.272. The third-order valence-electron chi connectivity index (χ3n) is 2.41. The zero-order valence-electron chi connectivity index (χ0n) is 10.1. The van der Waals surface area contributed by atoms with Crippen LogP contribution in [0.3, 0.4) is 0 Å². The highest BCUT2D eigenvalue weighted by atomic mass is 35.5. The molecule has 0 spiro atoms. The number of nitrogens with zero attached hydrogens (tertiary/aromatic N) is 5. The van der Waals surface area contributed by atoms with Gasteiger partial charge in [-0.05, 0) is 18.5 Å². The highest BCUT2D eigenvalue weighted by Crippen LogP contribution is 2.17. The second kappa shape index (κ2) is 4.79. The summed E-state index contributed by atoms with van der Waals surface area (Å²) in [5, 5.41) is 8.33. The van der Waals surface area contributed by atoms with E-state index in [0.717, 1.165) is 17.2 Å². The predicted molar refractivity (Wildman–Crippen MR) is 65.0 cm³/mol. The molecule has 0 amide bonds.